The van der Waals surface area contributed by atoms with Crippen LogP contribution in [0.1, 0.15) is 17.8 Å². The van der Waals surface area contributed by atoms with Crippen LogP contribution in [0.25, 0.3) is 11.3 Å². The largest absolute Gasteiger partial charge is 0.348 e. The van der Waals surface area contributed by atoms with Crippen molar-refractivity contribution in [2.24, 2.45) is 0 Å². The van der Waals surface area contributed by atoms with Crippen molar-refractivity contribution in [3.8, 4) is 11.3 Å². The van der Waals surface area contributed by atoms with Crippen LogP contribution in [0.4, 0.5) is 0 Å². The zero-order chi connectivity index (χ0) is 16.1. The fraction of sp³-hybridized carbons (Fsp3) is 0.176. The highest BCUT2D eigenvalue weighted by molar-refractivity contribution is 8.01. The lowest BCUT2D eigenvalue weighted by Gasteiger charge is -2.11. The van der Waals surface area contributed by atoms with Crippen LogP contribution < -0.4 is 5.32 Å². The van der Waals surface area contributed by atoms with E-state index in [1.165, 1.54) is 16.6 Å². The van der Waals surface area contributed by atoms with Gasteiger partial charge in [0, 0.05) is 15.8 Å². The van der Waals surface area contributed by atoms with Crippen molar-refractivity contribution in [3.05, 3.63) is 58.1 Å². The average molecular weight is 361 g/mol. The molecule has 1 unspecified atom stereocenters. The summed E-state index contributed by atoms with van der Waals surface area (Å²) in [4.78, 5) is 17.8. The monoisotopic (exact) mass is 360 g/mol. The van der Waals surface area contributed by atoms with Crippen molar-refractivity contribution in [1.82, 2.24) is 10.3 Å². The van der Waals surface area contributed by atoms with Crippen LogP contribution in [-0.4, -0.2) is 16.6 Å². The molecule has 6 heteroatoms. The van der Waals surface area contributed by atoms with Crippen molar-refractivity contribution in [2.75, 3.05) is 5.75 Å². The Kier molecular flexibility index (Phi) is 5.48. The smallest absolute Gasteiger partial charge is 0.230 e. The molecule has 1 atom stereocenters. The lowest BCUT2D eigenvalue weighted by atomic mass is 10.2. The molecule has 118 valence electrons. The van der Waals surface area contributed by atoms with Gasteiger partial charge in [-0.1, -0.05) is 48.2 Å². The first kappa shape index (κ1) is 16.2. The lowest BCUT2D eigenvalue weighted by molar-refractivity contribution is -0.119. The molecule has 1 aromatic carbocycles. The minimum absolute atomic E-state index is 0.0346. The molecule has 23 heavy (non-hydrogen) atoms. The quantitative estimate of drug-likeness (QED) is 0.640. The van der Waals surface area contributed by atoms with E-state index in [1.807, 2.05) is 60.1 Å². The summed E-state index contributed by atoms with van der Waals surface area (Å²) in [7, 11) is 0. The Labute approximate surface area is 147 Å². The number of rotatable bonds is 6. The van der Waals surface area contributed by atoms with Gasteiger partial charge in [0.2, 0.25) is 5.91 Å². The SMILES string of the molecule is CC(NC(=O)CSc1nc(-c2ccccc2)cs1)c1cccs1. The number of thioether (sulfide) groups is 1. The van der Waals surface area contributed by atoms with E-state index in [0.717, 1.165) is 15.6 Å². The van der Waals surface area contributed by atoms with Crippen LogP contribution in [-0.2, 0) is 4.79 Å². The summed E-state index contributed by atoms with van der Waals surface area (Å²) in [5, 5.41) is 7.07. The van der Waals surface area contributed by atoms with E-state index in [4.69, 9.17) is 0 Å². The first-order chi connectivity index (χ1) is 11.2. The Hall–Kier alpha value is -1.63. The zero-order valence-electron chi connectivity index (χ0n) is 12.6. The second kappa shape index (κ2) is 7.77. The van der Waals surface area contributed by atoms with E-state index in [0.29, 0.717) is 5.75 Å². The molecule has 2 aromatic heterocycles. The van der Waals surface area contributed by atoms with Gasteiger partial charge in [0.05, 0.1) is 17.5 Å². The van der Waals surface area contributed by atoms with Gasteiger partial charge in [0.1, 0.15) is 0 Å². The van der Waals surface area contributed by atoms with Gasteiger partial charge >= 0.3 is 0 Å². The maximum atomic E-state index is 12.0. The van der Waals surface area contributed by atoms with E-state index >= 15 is 0 Å². The maximum Gasteiger partial charge on any atom is 0.230 e. The third kappa shape index (κ3) is 4.43. The molecular formula is C17H16N2OS3. The Morgan fingerprint density at radius 3 is 2.78 bits per heavy atom. The van der Waals surface area contributed by atoms with Gasteiger partial charge in [-0.2, -0.15) is 0 Å². The second-order valence-electron chi connectivity index (χ2n) is 4.96. The van der Waals surface area contributed by atoms with Crippen LogP contribution in [0.2, 0.25) is 0 Å². The van der Waals surface area contributed by atoms with Crippen molar-refractivity contribution in [3.63, 3.8) is 0 Å². The number of hydrogen-bond donors (Lipinski definition) is 1. The number of nitrogens with zero attached hydrogens (tertiary/aromatic N) is 1. The van der Waals surface area contributed by atoms with Gasteiger partial charge in [-0.05, 0) is 18.4 Å². The van der Waals surface area contributed by atoms with Crippen LogP contribution in [0.3, 0.4) is 0 Å². The number of carbonyl (C=O) groups excluding carboxylic acids is 1. The highest BCUT2D eigenvalue weighted by Gasteiger charge is 2.12. The Balaban J connectivity index is 1.52. The number of nitrogens with one attached hydrogen (secondary N) is 1. The van der Waals surface area contributed by atoms with Crippen LogP contribution in [0.5, 0.6) is 0 Å². The number of hydrogen-bond acceptors (Lipinski definition) is 5. The van der Waals surface area contributed by atoms with Gasteiger partial charge < -0.3 is 5.32 Å². The molecule has 0 spiro atoms. The van der Waals surface area contributed by atoms with Crippen molar-refractivity contribution < 1.29 is 4.79 Å². The van der Waals surface area contributed by atoms with Crippen LogP contribution in [0, 0.1) is 0 Å². The van der Waals surface area contributed by atoms with Gasteiger partial charge in [-0.15, -0.1) is 22.7 Å². The van der Waals surface area contributed by atoms with E-state index in [1.54, 1.807) is 22.7 Å². The molecular weight excluding hydrogens is 344 g/mol. The van der Waals surface area contributed by atoms with Gasteiger partial charge in [0.25, 0.3) is 0 Å². The molecule has 0 fully saturated rings. The van der Waals surface area contributed by atoms with Gasteiger partial charge in [-0.3, -0.25) is 4.79 Å². The third-order valence-electron chi connectivity index (χ3n) is 3.23. The summed E-state index contributed by atoms with van der Waals surface area (Å²) >= 11 is 4.72. The second-order valence-corrected chi connectivity index (χ2v) is 8.02. The molecule has 3 nitrogen and oxygen atoms in total. The number of thiophene rings is 1. The first-order valence-corrected chi connectivity index (χ1v) is 9.93. The van der Waals surface area contributed by atoms with E-state index in [-0.39, 0.29) is 11.9 Å². The summed E-state index contributed by atoms with van der Waals surface area (Å²) in [6.45, 7) is 2.01. The van der Waals surface area contributed by atoms with Crippen molar-refractivity contribution in [1.29, 1.82) is 0 Å². The van der Waals surface area contributed by atoms with E-state index in [2.05, 4.69) is 10.3 Å². The minimum Gasteiger partial charge on any atom is -0.348 e. The predicted octanol–water partition coefficient (Wildman–Crippen LogP) is 4.84. The molecule has 0 saturated heterocycles. The summed E-state index contributed by atoms with van der Waals surface area (Å²) < 4.78 is 0.919. The lowest BCUT2D eigenvalue weighted by Crippen LogP contribution is -2.27. The molecule has 0 aliphatic heterocycles. The fourth-order valence-electron chi connectivity index (χ4n) is 2.08. The molecule has 0 radical (unpaired) electrons. The van der Waals surface area contributed by atoms with Crippen LogP contribution >= 0.6 is 34.4 Å². The van der Waals surface area contributed by atoms with Gasteiger partial charge in [-0.25, -0.2) is 4.98 Å². The molecule has 0 bridgehead atoms. The summed E-state index contributed by atoms with van der Waals surface area (Å²) in [6, 6.07) is 14.2. The van der Waals surface area contributed by atoms with Crippen molar-refractivity contribution in [2.45, 2.75) is 17.3 Å². The summed E-state index contributed by atoms with van der Waals surface area (Å²) in [5.74, 6) is 0.421. The highest BCUT2D eigenvalue weighted by atomic mass is 32.2. The third-order valence-corrected chi connectivity index (χ3v) is 6.30. The van der Waals surface area contributed by atoms with E-state index < -0.39 is 0 Å². The first-order valence-electron chi connectivity index (χ1n) is 7.19. The predicted molar refractivity (Wildman–Crippen MR) is 99.2 cm³/mol. The molecule has 0 aliphatic rings. The molecule has 2 heterocycles. The summed E-state index contributed by atoms with van der Waals surface area (Å²) in [6.07, 6.45) is 0. The zero-order valence-corrected chi connectivity index (χ0v) is 15.0. The topological polar surface area (TPSA) is 42.0 Å². The number of benzene rings is 1. The van der Waals surface area contributed by atoms with Gasteiger partial charge in [0.15, 0.2) is 4.34 Å². The number of thiazole rings is 1. The Morgan fingerprint density at radius 1 is 1.22 bits per heavy atom. The highest BCUT2D eigenvalue weighted by Crippen LogP contribution is 2.28. The normalized spacial score (nSPS) is 12.0. The molecule has 0 aliphatic carbocycles. The summed E-state index contributed by atoms with van der Waals surface area (Å²) in [5.41, 5.74) is 2.07. The molecule has 1 N–H and O–H groups in total. The molecule has 1 amide bonds. The minimum atomic E-state index is 0.0346. The number of amides is 1. The number of aromatic nitrogens is 1. The van der Waals surface area contributed by atoms with Crippen LogP contribution in [0.15, 0.2) is 57.6 Å². The fourth-order valence-corrected chi connectivity index (χ4v) is 4.47. The molecule has 0 saturated carbocycles. The molecule has 3 aromatic rings. The van der Waals surface area contributed by atoms with E-state index in [9.17, 15) is 4.79 Å². The Morgan fingerprint density at radius 2 is 2.04 bits per heavy atom. The molecule has 3 rings (SSSR count). The van der Waals surface area contributed by atoms with Crippen molar-refractivity contribution >= 4 is 40.3 Å². The Bertz CT molecular complexity index is 753. The maximum absolute atomic E-state index is 12.0. The number of carbonyl (C=O) groups is 1. The standard InChI is InChI=1S/C17H16N2OS3/c1-12(15-8-5-9-21-15)18-16(20)11-23-17-19-14(10-22-17)13-6-3-2-4-7-13/h2-10,12H,11H2,1H3,(H,18,20). The average Bonchev–Trinajstić information content (AvgIpc) is 3.25.